The van der Waals surface area contributed by atoms with Gasteiger partial charge in [-0.2, -0.15) is 0 Å². The van der Waals surface area contributed by atoms with E-state index in [4.69, 9.17) is 21.1 Å². The lowest BCUT2D eigenvalue weighted by Gasteiger charge is -2.24. The maximum absolute atomic E-state index is 13.8. The summed E-state index contributed by atoms with van der Waals surface area (Å²) in [5.41, 5.74) is 3.20. The second kappa shape index (κ2) is 12.3. The lowest BCUT2D eigenvalue weighted by molar-refractivity contribution is -0.139. The van der Waals surface area contributed by atoms with E-state index in [0.29, 0.717) is 38.0 Å². The molecule has 0 radical (unpaired) electrons. The van der Waals surface area contributed by atoms with Crippen LogP contribution in [0.2, 0.25) is 5.02 Å². The Morgan fingerprint density at radius 3 is 2.62 bits per heavy atom. The molecule has 2 heterocycles. The Bertz CT molecular complexity index is 1770. The van der Waals surface area contributed by atoms with E-state index in [1.54, 1.807) is 30.2 Å². The maximum Gasteiger partial charge on any atom is 0.338 e. The molecule has 4 aromatic rings. The molecule has 0 amide bonds. The molecule has 1 aliphatic rings. The molecule has 3 aromatic carbocycles. The van der Waals surface area contributed by atoms with E-state index in [1.807, 2.05) is 85.1 Å². The minimum Gasteiger partial charge on any atom is -0.489 e. The van der Waals surface area contributed by atoms with Crippen LogP contribution in [-0.2, 0) is 16.1 Å². The third kappa shape index (κ3) is 5.80. The van der Waals surface area contributed by atoms with Crippen molar-refractivity contribution in [1.29, 1.82) is 0 Å². The Kier molecular flexibility index (Phi) is 8.59. The van der Waals surface area contributed by atoms with E-state index in [2.05, 4.69) is 4.99 Å². The van der Waals surface area contributed by atoms with E-state index in [0.717, 1.165) is 21.6 Å². The summed E-state index contributed by atoms with van der Waals surface area (Å²) in [5.74, 6) is 0.189. The standard InChI is InChI=1S/C31H27ClN2O4S2/c1-4-37-30(36)27-19(2)33-31-34(28(27)21-12-14-24(39-3)15-13-21)29(35)26(40-31)17-20-8-7-10-23(16-20)38-18-22-9-5-6-11-25(22)32/h5-17,28H,4,18H2,1-3H3/b26-17-/t28-/m0/s1. The summed E-state index contributed by atoms with van der Waals surface area (Å²) >= 11 is 9.18. The highest BCUT2D eigenvalue weighted by Gasteiger charge is 2.33. The molecule has 0 saturated heterocycles. The summed E-state index contributed by atoms with van der Waals surface area (Å²) in [7, 11) is 0. The molecule has 1 aliphatic heterocycles. The molecule has 1 aromatic heterocycles. The average Bonchev–Trinajstić information content (AvgIpc) is 3.26. The summed E-state index contributed by atoms with van der Waals surface area (Å²) in [4.78, 5) is 33.2. The maximum atomic E-state index is 13.8. The first-order chi connectivity index (χ1) is 19.4. The van der Waals surface area contributed by atoms with Crippen LogP contribution in [0.1, 0.15) is 36.6 Å². The van der Waals surface area contributed by atoms with Gasteiger partial charge in [0.2, 0.25) is 0 Å². The summed E-state index contributed by atoms with van der Waals surface area (Å²) in [6.07, 6.45) is 3.83. The number of allylic oxidation sites excluding steroid dienone is 1. The van der Waals surface area contributed by atoms with E-state index < -0.39 is 12.0 Å². The first-order valence-corrected chi connectivity index (χ1v) is 15.1. The molecule has 6 nitrogen and oxygen atoms in total. The number of halogens is 1. The summed E-state index contributed by atoms with van der Waals surface area (Å²) in [6.45, 7) is 4.10. The number of nitrogens with zero attached hydrogens (tertiary/aromatic N) is 2. The highest BCUT2D eigenvalue weighted by molar-refractivity contribution is 7.98. The van der Waals surface area contributed by atoms with Crippen molar-refractivity contribution in [3.05, 3.63) is 125 Å². The van der Waals surface area contributed by atoms with Crippen molar-refractivity contribution < 1.29 is 14.3 Å². The summed E-state index contributed by atoms with van der Waals surface area (Å²) in [5, 5.41) is 0.648. The average molecular weight is 591 g/mol. The highest BCUT2D eigenvalue weighted by Crippen LogP contribution is 2.31. The topological polar surface area (TPSA) is 69.9 Å². The zero-order valence-corrected chi connectivity index (χ0v) is 24.6. The number of fused-ring (bicyclic) bond motifs is 1. The number of esters is 1. The van der Waals surface area contributed by atoms with Crippen LogP contribution >= 0.6 is 34.7 Å². The van der Waals surface area contributed by atoms with Gasteiger partial charge in [-0.05, 0) is 67.6 Å². The van der Waals surface area contributed by atoms with Crippen LogP contribution in [-0.4, -0.2) is 23.4 Å². The minimum atomic E-state index is -0.640. The molecule has 0 saturated carbocycles. The third-order valence-corrected chi connectivity index (χ3v) is 8.55. The van der Waals surface area contributed by atoms with Gasteiger partial charge >= 0.3 is 5.97 Å². The zero-order valence-electron chi connectivity index (χ0n) is 22.2. The number of aromatic nitrogens is 1. The van der Waals surface area contributed by atoms with E-state index in [1.165, 1.54) is 11.3 Å². The molecule has 0 fully saturated rings. The molecule has 0 bridgehead atoms. The number of carbonyl (C=O) groups is 1. The molecule has 0 aliphatic carbocycles. The van der Waals surface area contributed by atoms with E-state index in [-0.39, 0.29) is 12.2 Å². The lowest BCUT2D eigenvalue weighted by Crippen LogP contribution is -2.39. The summed E-state index contributed by atoms with van der Waals surface area (Å²) in [6, 6.07) is 22.3. The molecule has 40 heavy (non-hydrogen) atoms. The molecular formula is C31H27ClN2O4S2. The van der Waals surface area contributed by atoms with Crippen molar-refractivity contribution >= 4 is 46.7 Å². The number of carbonyl (C=O) groups excluding carboxylic acids is 1. The van der Waals surface area contributed by atoms with Gasteiger partial charge < -0.3 is 9.47 Å². The Labute approximate surface area is 245 Å². The van der Waals surface area contributed by atoms with Gasteiger partial charge in [0.1, 0.15) is 12.4 Å². The van der Waals surface area contributed by atoms with Gasteiger partial charge in [0.25, 0.3) is 5.56 Å². The van der Waals surface area contributed by atoms with Crippen molar-refractivity contribution in [3.8, 4) is 5.75 Å². The van der Waals surface area contributed by atoms with E-state index >= 15 is 0 Å². The van der Waals surface area contributed by atoms with Gasteiger partial charge in [0.15, 0.2) is 4.80 Å². The quantitative estimate of drug-likeness (QED) is 0.193. The molecule has 204 valence electrons. The van der Waals surface area contributed by atoms with E-state index in [9.17, 15) is 9.59 Å². The fraction of sp³-hybridized carbons (Fsp3) is 0.194. The molecule has 0 unspecified atom stereocenters. The van der Waals surface area contributed by atoms with Crippen LogP contribution in [0.15, 0.2) is 98.7 Å². The lowest BCUT2D eigenvalue weighted by atomic mass is 9.96. The molecule has 0 spiro atoms. The smallest absolute Gasteiger partial charge is 0.338 e. The molecule has 0 N–H and O–H groups in total. The summed E-state index contributed by atoms with van der Waals surface area (Å²) < 4.78 is 13.5. The monoisotopic (exact) mass is 590 g/mol. The fourth-order valence-electron chi connectivity index (χ4n) is 4.52. The van der Waals surface area contributed by atoms with Crippen molar-refractivity contribution in [2.45, 2.75) is 31.4 Å². The first kappa shape index (κ1) is 28.0. The van der Waals surface area contributed by atoms with Crippen molar-refractivity contribution in [2.24, 2.45) is 4.99 Å². The predicted molar refractivity (Wildman–Crippen MR) is 161 cm³/mol. The predicted octanol–water partition coefficient (Wildman–Crippen LogP) is 5.75. The van der Waals surface area contributed by atoms with Crippen molar-refractivity contribution in [2.75, 3.05) is 12.9 Å². The van der Waals surface area contributed by atoms with Gasteiger partial charge in [-0.1, -0.05) is 65.4 Å². The van der Waals surface area contributed by atoms with Crippen LogP contribution < -0.4 is 19.6 Å². The number of thiazole rings is 1. The van der Waals surface area contributed by atoms with Gasteiger partial charge in [0, 0.05) is 15.5 Å². The SMILES string of the molecule is CCOC(=O)C1=C(C)N=c2s/c(=C\c3cccc(OCc4ccccc4Cl)c3)c(=O)n2[C@H]1c1ccc(SC)cc1. The third-order valence-electron chi connectivity index (χ3n) is 6.46. The fourth-order valence-corrected chi connectivity index (χ4v) is 6.16. The number of ether oxygens (including phenoxy) is 2. The Morgan fingerprint density at radius 1 is 1.12 bits per heavy atom. The molecule has 5 rings (SSSR count). The van der Waals surface area contributed by atoms with Crippen molar-refractivity contribution in [3.63, 3.8) is 0 Å². The molecule has 1 atom stereocenters. The number of rotatable bonds is 8. The van der Waals surface area contributed by atoms with Crippen LogP contribution in [0.3, 0.4) is 0 Å². The van der Waals surface area contributed by atoms with Gasteiger partial charge in [-0.3, -0.25) is 9.36 Å². The van der Waals surface area contributed by atoms with Crippen LogP contribution in [0.25, 0.3) is 6.08 Å². The second-order valence-corrected chi connectivity index (χ2v) is 11.3. The zero-order chi connectivity index (χ0) is 28.2. The van der Waals surface area contributed by atoms with Gasteiger partial charge in [-0.25, -0.2) is 9.79 Å². The Morgan fingerprint density at radius 2 is 1.90 bits per heavy atom. The second-order valence-electron chi connectivity index (χ2n) is 9.03. The number of hydrogen-bond acceptors (Lipinski definition) is 7. The highest BCUT2D eigenvalue weighted by atomic mass is 35.5. The molecule has 9 heteroatoms. The van der Waals surface area contributed by atoms with Gasteiger partial charge in [0.05, 0.1) is 28.5 Å². The largest absolute Gasteiger partial charge is 0.489 e. The first-order valence-electron chi connectivity index (χ1n) is 12.7. The van der Waals surface area contributed by atoms with Crippen molar-refractivity contribution in [1.82, 2.24) is 4.57 Å². The van der Waals surface area contributed by atoms with Crippen LogP contribution in [0.4, 0.5) is 0 Å². The van der Waals surface area contributed by atoms with Crippen LogP contribution in [0, 0.1) is 0 Å². The van der Waals surface area contributed by atoms with Crippen LogP contribution in [0.5, 0.6) is 5.75 Å². The number of benzene rings is 3. The molecular weight excluding hydrogens is 564 g/mol. The Hall–Kier alpha value is -3.59. The number of thioether (sulfide) groups is 1. The normalized spacial score (nSPS) is 15.0. The number of hydrogen-bond donors (Lipinski definition) is 0. The minimum absolute atomic E-state index is 0.223. The van der Waals surface area contributed by atoms with Gasteiger partial charge in [-0.15, -0.1) is 11.8 Å². The Balaban J connectivity index is 1.55.